The highest BCUT2D eigenvalue weighted by Gasteiger charge is 2.14. The van der Waals surface area contributed by atoms with Crippen molar-refractivity contribution in [3.63, 3.8) is 0 Å². The molecule has 1 unspecified atom stereocenters. The molecule has 0 radical (unpaired) electrons. The lowest BCUT2D eigenvalue weighted by Gasteiger charge is -2.15. The quantitative estimate of drug-likeness (QED) is 0.547. The molecule has 0 heterocycles. The predicted octanol–water partition coefficient (Wildman–Crippen LogP) is 3.35. The maximum absolute atomic E-state index is 12.3. The van der Waals surface area contributed by atoms with E-state index in [-0.39, 0.29) is 25.5 Å². The van der Waals surface area contributed by atoms with Gasteiger partial charge in [0.1, 0.15) is 18.5 Å². The van der Waals surface area contributed by atoms with Gasteiger partial charge in [-0.25, -0.2) is 0 Å². The van der Waals surface area contributed by atoms with Gasteiger partial charge < -0.3 is 24.6 Å². The maximum Gasteiger partial charge on any atom is 0.224 e. The van der Waals surface area contributed by atoms with Crippen molar-refractivity contribution in [3.8, 4) is 17.2 Å². The highest BCUT2D eigenvalue weighted by molar-refractivity contribution is 9.10. The monoisotopic (exact) mass is 451 g/mol. The number of hydrogen-bond acceptors (Lipinski definition) is 5. The van der Waals surface area contributed by atoms with E-state index in [2.05, 4.69) is 21.2 Å². The topological polar surface area (TPSA) is 77.0 Å². The summed E-state index contributed by atoms with van der Waals surface area (Å²) < 4.78 is 17.4. The molecule has 0 saturated heterocycles. The second-order valence-electron chi connectivity index (χ2n) is 6.02. The van der Waals surface area contributed by atoms with E-state index < -0.39 is 6.10 Å². The molecule has 2 rings (SSSR count). The van der Waals surface area contributed by atoms with Gasteiger partial charge in [-0.1, -0.05) is 34.1 Å². The van der Waals surface area contributed by atoms with Gasteiger partial charge in [0, 0.05) is 11.0 Å². The largest absolute Gasteiger partial charge is 0.491 e. The molecule has 0 fully saturated rings. The number of amides is 1. The number of rotatable bonds is 11. The number of halogens is 1. The number of benzene rings is 2. The van der Waals surface area contributed by atoms with E-state index in [1.165, 1.54) is 0 Å². The zero-order valence-corrected chi connectivity index (χ0v) is 17.7. The van der Waals surface area contributed by atoms with Crippen LogP contribution in [0.4, 0.5) is 0 Å². The first-order valence-corrected chi connectivity index (χ1v) is 10.0. The molecule has 0 spiro atoms. The van der Waals surface area contributed by atoms with Crippen LogP contribution in [-0.2, 0) is 11.2 Å². The minimum Gasteiger partial charge on any atom is -0.491 e. The van der Waals surface area contributed by atoms with Gasteiger partial charge in [0.25, 0.3) is 0 Å². The molecule has 1 amide bonds. The molecule has 0 aliphatic heterocycles. The Bertz CT molecular complexity index is 754. The Balaban J connectivity index is 1.87. The third-order valence-electron chi connectivity index (χ3n) is 3.78. The molecule has 28 heavy (non-hydrogen) atoms. The molecule has 2 N–H and O–H groups in total. The van der Waals surface area contributed by atoms with Crippen molar-refractivity contribution >= 4 is 21.8 Å². The Kier molecular flexibility index (Phi) is 9.10. The summed E-state index contributed by atoms with van der Waals surface area (Å²) in [7, 11) is 0. The average molecular weight is 452 g/mol. The summed E-state index contributed by atoms with van der Waals surface area (Å²) in [5.74, 6) is 1.71. The fourth-order valence-electron chi connectivity index (χ4n) is 2.48. The normalized spacial score (nSPS) is 11.6. The fraction of sp³-hybridized carbons (Fsp3) is 0.381. The number of aliphatic hydroxyl groups is 1. The summed E-state index contributed by atoms with van der Waals surface area (Å²) >= 11 is 3.48. The van der Waals surface area contributed by atoms with Gasteiger partial charge in [0.05, 0.1) is 19.6 Å². The number of para-hydroxylation sites is 1. The summed E-state index contributed by atoms with van der Waals surface area (Å²) in [5, 5.41) is 12.7. The van der Waals surface area contributed by atoms with Crippen LogP contribution in [0.1, 0.15) is 19.4 Å². The summed E-state index contributed by atoms with van der Waals surface area (Å²) in [4.78, 5) is 12.3. The first-order chi connectivity index (χ1) is 13.5. The Morgan fingerprint density at radius 3 is 2.36 bits per heavy atom. The van der Waals surface area contributed by atoms with Crippen LogP contribution in [0.25, 0.3) is 0 Å². The SMILES string of the molecule is CCOc1cc(Br)c(CC(=O)NCC(O)COc2ccccc2)cc1OCC. The number of ether oxygens (including phenoxy) is 3. The van der Waals surface area contributed by atoms with Crippen LogP contribution in [0.5, 0.6) is 17.2 Å². The second kappa shape index (κ2) is 11.6. The molecule has 0 aliphatic carbocycles. The molecule has 0 aromatic heterocycles. The first-order valence-electron chi connectivity index (χ1n) is 9.24. The van der Waals surface area contributed by atoms with Crippen molar-refractivity contribution in [2.45, 2.75) is 26.4 Å². The highest BCUT2D eigenvalue weighted by Crippen LogP contribution is 2.34. The van der Waals surface area contributed by atoms with Crippen LogP contribution in [0.2, 0.25) is 0 Å². The van der Waals surface area contributed by atoms with Crippen molar-refractivity contribution in [2.75, 3.05) is 26.4 Å². The molecule has 1 atom stereocenters. The molecule has 0 bridgehead atoms. The zero-order chi connectivity index (χ0) is 20.4. The van der Waals surface area contributed by atoms with Crippen LogP contribution in [-0.4, -0.2) is 43.5 Å². The highest BCUT2D eigenvalue weighted by atomic mass is 79.9. The van der Waals surface area contributed by atoms with Crippen molar-refractivity contribution in [3.05, 3.63) is 52.5 Å². The van der Waals surface area contributed by atoms with Crippen molar-refractivity contribution < 1.29 is 24.1 Å². The van der Waals surface area contributed by atoms with Gasteiger partial charge in [-0.05, 0) is 43.7 Å². The Morgan fingerprint density at radius 1 is 1.07 bits per heavy atom. The zero-order valence-electron chi connectivity index (χ0n) is 16.1. The van der Waals surface area contributed by atoms with Gasteiger partial charge in [-0.15, -0.1) is 0 Å². The minimum absolute atomic E-state index is 0.103. The Hall–Kier alpha value is -2.25. The van der Waals surface area contributed by atoms with E-state index in [1.807, 2.05) is 44.2 Å². The van der Waals surface area contributed by atoms with Crippen LogP contribution < -0.4 is 19.5 Å². The van der Waals surface area contributed by atoms with E-state index in [1.54, 1.807) is 12.1 Å². The van der Waals surface area contributed by atoms with Crippen LogP contribution in [0.3, 0.4) is 0 Å². The first kappa shape index (κ1) is 22.0. The lowest BCUT2D eigenvalue weighted by Crippen LogP contribution is -2.36. The van der Waals surface area contributed by atoms with Crippen LogP contribution in [0.15, 0.2) is 46.9 Å². The molecule has 7 heteroatoms. The van der Waals surface area contributed by atoms with Crippen molar-refractivity contribution in [1.82, 2.24) is 5.32 Å². The number of hydrogen-bond donors (Lipinski definition) is 2. The maximum atomic E-state index is 12.3. The predicted molar refractivity (Wildman–Crippen MR) is 111 cm³/mol. The molecular formula is C21H26BrNO5. The number of nitrogens with one attached hydrogen (secondary N) is 1. The van der Waals surface area contributed by atoms with Crippen molar-refractivity contribution in [1.29, 1.82) is 0 Å². The third-order valence-corrected chi connectivity index (χ3v) is 4.52. The van der Waals surface area contributed by atoms with Crippen LogP contribution >= 0.6 is 15.9 Å². The minimum atomic E-state index is -0.799. The summed E-state index contributed by atoms with van der Waals surface area (Å²) in [6, 6.07) is 12.8. The van der Waals surface area contributed by atoms with Crippen molar-refractivity contribution in [2.24, 2.45) is 0 Å². The Labute approximate surface area is 173 Å². The van der Waals surface area contributed by atoms with E-state index in [0.717, 1.165) is 10.0 Å². The standard InChI is InChI=1S/C21H26BrNO5/c1-3-26-19-10-15(18(22)12-20(19)27-4-2)11-21(25)23-13-16(24)14-28-17-8-6-5-7-9-17/h5-10,12,16,24H,3-4,11,13-14H2,1-2H3,(H,23,25). The fourth-order valence-corrected chi connectivity index (χ4v) is 2.95. The summed E-state index contributed by atoms with van der Waals surface area (Å²) in [6.07, 6.45) is -0.647. The molecule has 6 nitrogen and oxygen atoms in total. The molecule has 2 aromatic rings. The summed E-state index contributed by atoms with van der Waals surface area (Å²) in [6.45, 7) is 5.03. The summed E-state index contributed by atoms with van der Waals surface area (Å²) in [5.41, 5.74) is 0.777. The van der Waals surface area contributed by atoms with Gasteiger partial charge in [-0.2, -0.15) is 0 Å². The van der Waals surface area contributed by atoms with Gasteiger partial charge in [0.15, 0.2) is 11.5 Å². The molecule has 0 aliphatic rings. The van der Waals surface area contributed by atoms with Crippen LogP contribution in [0, 0.1) is 0 Å². The molecule has 152 valence electrons. The van der Waals surface area contributed by atoms with E-state index in [4.69, 9.17) is 14.2 Å². The third kappa shape index (κ3) is 7.05. The number of carbonyl (C=O) groups excluding carboxylic acids is 1. The lowest BCUT2D eigenvalue weighted by molar-refractivity contribution is -0.121. The van der Waals surface area contributed by atoms with E-state index in [0.29, 0.717) is 30.5 Å². The smallest absolute Gasteiger partial charge is 0.224 e. The van der Waals surface area contributed by atoms with E-state index in [9.17, 15) is 9.90 Å². The molecule has 2 aromatic carbocycles. The van der Waals surface area contributed by atoms with Gasteiger partial charge >= 0.3 is 0 Å². The molecule has 0 saturated carbocycles. The Morgan fingerprint density at radius 2 is 1.71 bits per heavy atom. The number of aliphatic hydroxyl groups excluding tert-OH is 1. The average Bonchev–Trinajstić information content (AvgIpc) is 2.69. The lowest BCUT2D eigenvalue weighted by atomic mass is 10.1. The van der Waals surface area contributed by atoms with Gasteiger partial charge in [0.2, 0.25) is 5.91 Å². The second-order valence-corrected chi connectivity index (χ2v) is 6.87. The number of carbonyl (C=O) groups is 1. The molecular weight excluding hydrogens is 426 g/mol. The van der Waals surface area contributed by atoms with E-state index >= 15 is 0 Å². The van der Waals surface area contributed by atoms with Gasteiger partial charge in [-0.3, -0.25) is 4.79 Å².